The SMILES string of the molecule is COCCCC(=O)c1ccc2c(c1)C(C)(CCCS(=O)(=O)[O-])C(/C=C/C=C1/N(CCOC)c3ccc(S(=O)(=O)[O-])cc3C1(C)CCCS(=O)(=O)[O-])=[N+]2CCCCCC(=O)O. The molecule has 0 saturated carbocycles. The number of carboxylic acid groups (broad SMARTS) is 1. The first-order chi connectivity index (χ1) is 28.1. The first-order valence-electron chi connectivity index (χ1n) is 19.7. The van der Waals surface area contributed by atoms with E-state index in [2.05, 4.69) is 0 Å². The van der Waals surface area contributed by atoms with Crippen LogP contribution in [0, 0.1) is 0 Å². The van der Waals surface area contributed by atoms with Crippen LogP contribution in [0.5, 0.6) is 0 Å². The molecule has 2 heterocycles. The Morgan fingerprint density at radius 1 is 0.783 bits per heavy atom. The number of aliphatic carboxylic acids is 1. The summed E-state index contributed by atoms with van der Waals surface area (Å²) in [5.41, 5.74) is 2.21. The van der Waals surface area contributed by atoms with Gasteiger partial charge in [0, 0.05) is 98.2 Å². The Balaban J connectivity index is 1.91. The number of ether oxygens (including phenoxy) is 2. The van der Waals surface area contributed by atoms with E-state index < -0.39 is 63.6 Å². The van der Waals surface area contributed by atoms with Gasteiger partial charge in [-0.1, -0.05) is 6.08 Å². The molecule has 0 amide bonds. The van der Waals surface area contributed by atoms with Crippen LogP contribution in [0.3, 0.4) is 0 Å². The Bertz CT molecular complexity index is 2340. The molecule has 0 fully saturated rings. The lowest BCUT2D eigenvalue weighted by molar-refractivity contribution is -0.438. The van der Waals surface area contributed by atoms with Crippen LogP contribution in [0.15, 0.2) is 65.2 Å². The summed E-state index contributed by atoms with van der Waals surface area (Å²) < 4.78 is 120. The molecule has 0 saturated heterocycles. The van der Waals surface area contributed by atoms with Gasteiger partial charge in [-0.05, 0) is 101 Å². The molecule has 4 rings (SSSR count). The van der Waals surface area contributed by atoms with E-state index in [4.69, 9.17) is 9.47 Å². The van der Waals surface area contributed by atoms with Crippen LogP contribution in [0.1, 0.15) is 99.5 Å². The van der Waals surface area contributed by atoms with Crippen molar-refractivity contribution in [2.24, 2.45) is 0 Å². The number of fused-ring (bicyclic) bond motifs is 2. The molecule has 0 bridgehead atoms. The molecule has 0 radical (unpaired) electrons. The van der Waals surface area contributed by atoms with E-state index in [1.54, 1.807) is 38.3 Å². The maximum Gasteiger partial charge on any atom is 0.303 e. The third-order valence-corrected chi connectivity index (χ3v) is 13.7. The second kappa shape index (κ2) is 20.4. The molecule has 2 aromatic rings. The Morgan fingerprint density at radius 2 is 1.43 bits per heavy atom. The van der Waals surface area contributed by atoms with Gasteiger partial charge in [-0.3, -0.25) is 9.59 Å². The molecule has 16 nitrogen and oxygen atoms in total. The van der Waals surface area contributed by atoms with Crippen LogP contribution in [0.25, 0.3) is 0 Å². The number of hydrogen-bond acceptors (Lipinski definition) is 14. The first-order valence-corrected chi connectivity index (χ1v) is 24.3. The van der Waals surface area contributed by atoms with Crippen LogP contribution in [-0.2, 0) is 55.5 Å². The fourth-order valence-electron chi connectivity index (χ4n) is 8.28. The van der Waals surface area contributed by atoms with E-state index in [1.807, 2.05) is 28.5 Å². The molecule has 0 aromatic heterocycles. The van der Waals surface area contributed by atoms with Crippen LogP contribution in [0.4, 0.5) is 11.4 Å². The van der Waals surface area contributed by atoms with Crippen molar-refractivity contribution >= 4 is 59.2 Å². The van der Waals surface area contributed by atoms with Crippen molar-refractivity contribution in [3.8, 4) is 0 Å². The Labute approximate surface area is 353 Å². The first kappa shape index (κ1) is 48.8. The zero-order valence-electron chi connectivity index (χ0n) is 34.4. The molecule has 2 unspecified atom stereocenters. The number of ketones is 1. The molecule has 2 aliphatic rings. The molecule has 2 aliphatic heterocycles. The minimum absolute atomic E-state index is 0.000273. The van der Waals surface area contributed by atoms with Crippen molar-refractivity contribution in [1.29, 1.82) is 0 Å². The van der Waals surface area contributed by atoms with E-state index in [0.29, 0.717) is 67.1 Å². The number of rotatable bonds is 25. The van der Waals surface area contributed by atoms with Gasteiger partial charge < -0.3 is 33.1 Å². The average Bonchev–Trinajstić information content (AvgIpc) is 3.52. The van der Waals surface area contributed by atoms with Crippen LogP contribution < -0.4 is 4.90 Å². The number of carbonyl (C=O) groups is 2. The maximum atomic E-state index is 13.3. The van der Waals surface area contributed by atoms with Crippen LogP contribution in [0.2, 0.25) is 0 Å². The second-order valence-corrected chi connectivity index (χ2v) is 20.0. The largest absolute Gasteiger partial charge is 0.748 e. The molecule has 0 spiro atoms. The number of unbranched alkanes of at least 4 members (excludes halogenated alkanes) is 2. The quantitative estimate of drug-likeness (QED) is 0.0613. The van der Waals surface area contributed by atoms with Crippen molar-refractivity contribution in [1.82, 2.24) is 0 Å². The number of allylic oxidation sites excluding steroid dienone is 4. The third-order valence-electron chi connectivity index (χ3n) is 11.3. The zero-order valence-corrected chi connectivity index (χ0v) is 36.8. The van der Waals surface area contributed by atoms with Crippen LogP contribution >= 0.6 is 0 Å². The van der Waals surface area contributed by atoms with E-state index in [-0.39, 0.29) is 57.5 Å². The summed E-state index contributed by atoms with van der Waals surface area (Å²) in [4.78, 5) is 26.0. The monoisotopic (exact) mass is 894 g/mol. The molecular formula is C41H54N2O14S3-2. The molecule has 0 aliphatic carbocycles. The van der Waals surface area contributed by atoms with Gasteiger partial charge in [0.25, 0.3) is 0 Å². The van der Waals surface area contributed by atoms with E-state index in [0.717, 1.165) is 11.3 Å². The summed E-state index contributed by atoms with van der Waals surface area (Å²) >= 11 is 0. The summed E-state index contributed by atoms with van der Waals surface area (Å²) in [5.74, 6) is -2.31. The predicted octanol–water partition coefficient (Wildman–Crippen LogP) is 4.72. The molecular weight excluding hydrogens is 841 g/mol. The lowest BCUT2D eigenvalue weighted by Crippen LogP contribution is -2.32. The molecule has 1 N–H and O–H groups in total. The van der Waals surface area contributed by atoms with Gasteiger partial charge in [-0.2, -0.15) is 4.58 Å². The van der Waals surface area contributed by atoms with Crippen molar-refractivity contribution in [3.63, 3.8) is 0 Å². The molecule has 2 aromatic carbocycles. The number of carbonyl (C=O) groups excluding carboxylic acids is 1. The van der Waals surface area contributed by atoms with Gasteiger partial charge in [-0.25, -0.2) is 25.3 Å². The van der Waals surface area contributed by atoms with Gasteiger partial charge in [0.1, 0.15) is 16.7 Å². The second-order valence-electron chi connectivity index (χ2n) is 15.6. The summed E-state index contributed by atoms with van der Waals surface area (Å²) in [6, 6.07) is 9.35. The highest BCUT2D eigenvalue weighted by atomic mass is 32.2. The fraction of sp³-hybridized carbons (Fsp3) is 0.537. The van der Waals surface area contributed by atoms with Gasteiger partial charge in [0.15, 0.2) is 11.5 Å². The maximum absolute atomic E-state index is 13.3. The normalized spacial score (nSPS) is 20.1. The highest BCUT2D eigenvalue weighted by Crippen LogP contribution is 2.51. The average molecular weight is 895 g/mol. The smallest absolute Gasteiger partial charge is 0.303 e. The number of carboxylic acids is 1. The van der Waals surface area contributed by atoms with Gasteiger partial charge in [-0.15, -0.1) is 0 Å². The Kier molecular flexibility index (Phi) is 16.6. The highest BCUT2D eigenvalue weighted by molar-refractivity contribution is 7.86. The minimum atomic E-state index is -4.89. The Hall–Kier alpha value is -3.82. The van der Waals surface area contributed by atoms with Crippen molar-refractivity contribution in [2.45, 2.75) is 93.8 Å². The molecule has 2 atom stereocenters. The highest BCUT2D eigenvalue weighted by Gasteiger charge is 2.48. The molecule has 60 heavy (non-hydrogen) atoms. The topological polar surface area (TPSA) is 251 Å². The molecule has 19 heteroatoms. The number of benzene rings is 2. The van der Waals surface area contributed by atoms with E-state index in [1.165, 1.54) is 25.3 Å². The van der Waals surface area contributed by atoms with Gasteiger partial charge in [0.05, 0.1) is 37.2 Å². The van der Waals surface area contributed by atoms with Gasteiger partial charge >= 0.3 is 5.97 Å². The number of nitrogens with zero attached hydrogens (tertiary/aromatic N) is 2. The standard InChI is InChI=1S/C41H56N2O14S3/c1-40(20-10-26-58(47,48)49)32-28-30(36(44)12-9-24-56-3)16-18-34(32)42(22-7-5-6-15-39(45)46)37(40)13-8-14-38-41(2,21-11-27-59(50,51)52)33-29-31(60(53,54)55)17-19-35(33)43(38)23-25-57-4/h8,13-14,16-19,28-29H,5-7,9-12,15,20-27H2,1-4H3,(H3-,45,46,47,48,49,50,51,52,53,54,55)/p-2. The van der Waals surface area contributed by atoms with Crippen molar-refractivity contribution in [2.75, 3.05) is 56.9 Å². The van der Waals surface area contributed by atoms with Crippen LogP contribution in [-0.4, -0.2) is 118 Å². The number of Topliss-reactive ketones (excluding diaryl/α,β-unsaturated/α-hetero) is 1. The number of methoxy groups -OCH3 is 2. The number of anilines is 1. The summed E-state index contributed by atoms with van der Waals surface area (Å²) in [5, 5.41) is 9.20. The third kappa shape index (κ3) is 12.4. The number of hydrogen-bond donors (Lipinski definition) is 1. The van der Waals surface area contributed by atoms with E-state index in [9.17, 15) is 53.6 Å². The fourth-order valence-corrected chi connectivity index (χ4v) is 9.78. The van der Waals surface area contributed by atoms with E-state index >= 15 is 0 Å². The lowest BCUT2D eigenvalue weighted by atomic mass is 9.75. The lowest BCUT2D eigenvalue weighted by Gasteiger charge is -2.30. The summed E-state index contributed by atoms with van der Waals surface area (Å²) in [6.07, 6.45) is 7.94. The van der Waals surface area contributed by atoms with Crippen molar-refractivity contribution in [3.05, 3.63) is 77.0 Å². The zero-order chi connectivity index (χ0) is 44.5. The minimum Gasteiger partial charge on any atom is -0.748 e. The summed E-state index contributed by atoms with van der Waals surface area (Å²) in [6.45, 7) is 5.01. The Morgan fingerprint density at radius 3 is 2.03 bits per heavy atom. The predicted molar refractivity (Wildman–Crippen MR) is 221 cm³/mol. The van der Waals surface area contributed by atoms with Crippen molar-refractivity contribution < 1.29 is 67.7 Å². The molecule has 332 valence electrons. The van der Waals surface area contributed by atoms with Gasteiger partial charge in [0.2, 0.25) is 5.69 Å². The summed E-state index contributed by atoms with van der Waals surface area (Å²) in [7, 11) is -11.0.